The fourth-order valence-electron chi connectivity index (χ4n) is 2.21. The lowest BCUT2D eigenvalue weighted by Gasteiger charge is -2.18. The Morgan fingerprint density at radius 2 is 2.00 bits per heavy atom. The average Bonchev–Trinajstić information content (AvgIpc) is 2.83. The number of thioether (sulfide) groups is 1. The Kier molecular flexibility index (Phi) is 4.73. The minimum atomic E-state index is -0.135. The quantitative estimate of drug-likeness (QED) is 0.623. The Bertz CT molecular complexity index is 775. The normalized spacial score (nSPS) is 16.2. The Morgan fingerprint density at radius 1 is 1.26 bits per heavy atom. The van der Waals surface area contributed by atoms with Gasteiger partial charge in [-0.25, -0.2) is 0 Å². The van der Waals surface area contributed by atoms with Gasteiger partial charge in [0.2, 0.25) is 0 Å². The maximum Gasteiger partial charge on any atom is 0.270 e. The summed E-state index contributed by atoms with van der Waals surface area (Å²) in [7, 11) is 0. The maximum atomic E-state index is 12.8. The minimum absolute atomic E-state index is 0.135. The second-order valence-corrected chi connectivity index (χ2v) is 6.37. The van der Waals surface area contributed by atoms with Gasteiger partial charge in [0.15, 0.2) is 4.32 Å². The van der Waals surface area contributed by atoms with Crippen molar-refractivity contribution in [3.8, 4) is 5.75 Å². The number of pyridine rings is 1. The number of rotatable bonds is 4. The highest BCUT2D eigenvalue weighted by atomic mass is 32.2. The van der Waals surface area contributed by atoms with Crippen molar-refractivity contribution in [2.75, 3.05) is 11.5 Å². The molecule has 1 aliphatic rings. The molecule has 1 aromatic heterocycles. The highest BCUT2D eigenvalue weighted by Gasteiger charge is 2.34. The van der Waals surface area contributed by atoms with Crippen molar-refractivity contribution in [1.29, 1.82) is 0 Å². The SMILES string of the molecule is CCOc1ccccc1N1C(=O)/C(=C/c2ccncc2)SC1=S. The molecular weight excluding hydrogens is 328 g/mol. The van der Waals surface area contributed by atoms with Gasteiger partial charge in [-0.05, 0) is 42.8 Å². The van der Waals surface area contributed by atoms with E-state index in [1.54, 1.807) is 12.4 Å². The van der Waals surface area contributed by atoms with E-state index in [4.69, 9.17) is 17.0 Å². The number of benzene rings is 1. The van der Waals surface area contributed by atoms with Gasteiger partial charge in [0, 0.05) is 12.4 Å². The summed E-state index contributed by atoms with van der Waals surface area (Å²) in [5, 5.41) is 0. The van der Waals surface area contributed by atoms with Crippen LogP contribution in [-0.2, 0) is 4.79 Å². The molecule has 1 aromatic carbocycles. The number of hydrogen-bond donors (Lipinski definition) is 0. The van der Waals surface area contributed by atoms with E-state index < -0.39 is 0 Å². The van der Waals surface area contributed by atoms with E-state index in [1.165, 1.54) is 16.7 Å². The number of nitrogens with zero attached hydrogens (tertiary/aromatic N) is 2. The molecule has 4 nitrogen and oxygen atoms in total. The zero-order chi connectivity index (χ0) is 16.2. The molecule has 3 rings (SSSR count). The van der Waals surface area contributed by atoms with Crippen molar-refractivity contribution in [3.63, 3.8) is 0 Å². The lowest BCUT2D eigenvalue weighted by Crippen LogP contribution is -2.28. The molecule has 0 bridgehead atoms. The first-order chi connectivity index (χ1) is 11.2. The van der Waals surface area contributed by atoms with Crippen molar-refractivity contribution >= 4 is 46.0 Å². The van der Waals surface area contributed by atoms with Crippen LogP contribution in [-0.4, -0.2) is 21.8 Å². The third-order valence-electron chi connectivity index (χ3n) is 3.20. The Hall–Kier alpha value is -2.18. The molecule has 0 spiro atoms. The third kappa shape index (κ3) is 3.28. The monoisotopic (exact) mass is 342 g/mol. The number of carbonyl (C=O) groups is 1. The van der Waals surface area contributed by atoms with E-state index in [0.717, 1.165) is 5.56 Å². The van der Waals surface area contributed by atoms with Gasteiger partial charge >= 0.3 is 0 Å². The summed E-state index contributed by atoms with van der Waals surface area (Å²) in [5.41, 5.74) is 1.59. The summed E-state index contributed by atoms with van der Waals surface area (Å²) < 4.78 is 6.11. The first-order valence-corrected chi connectivity index (χ1v) is 8.33. The molecule has 2 heterocycles. The largest absolute Gasteiger partial charge is 0.492 e. The Morgan fingerprint density at radius 3 is 2.74 bits per heavy atom. The molecular formula is C17H14N2O2S2. The summed E-state index contributed by atoms with van der Waals surface area (Å²) in [6.45, 7) is 2.43. The summed E-state index contributed by atoms with van der Waals surface area (Å²) in [6.07, 6.45) is 5.21. The van der Waals surface area contributed by atoms with Crippen LogP contribution in [0.3, 0.4) is 0 Å². The number of carbonyl (C=O) groups excluding carboxylic acids is 1. The summed E-state index contributed by atoms with van der Waals surface area (Å²) in [5.74, 6) is 0.514. The smallest absolute Gasteiger partial charge is 0.270 e. The number of para-hydroxylation sites is 2. The Labute approximate surface area is 144 Å². The average molecular weight is 342 g/mol. The van der Waals surface area contributed by atoms with E-state index in [2.05, 4.69) is 4.98 Å². The number of ether oxygens (including phenoxy) is 1. The predicted octanol–water partition coefficient (Wildman–Crippen LogP) is 3.89. The molecule has 0 aliphatic carbocycles. The van der Waals surface area contributed by atoms with Gasteiger partial charge in [-0.2, -0.15) is 0 Å². The van der Waals surface area contributed by atoms with E-state index in [1.807, 2.05) is 49.4 Å². The molecule has 0 N–H and O–H groups in total. The number of aromatic nitrogens is 1. The van der Waals surface area contributed by atoms with E-state index in [0.29, 0.717) is 27.3 Å². The fraction of sp³-hybridized carbons (Fsp3) is 0.118. The molecule has 0 radical (unpaired) electrons. The maximum absolute atomic E-state index is 12.8. The lowest BCUT2D eigenvalue weighted by molar-refractivity contribution is -0.113. The highest BCUT2D eigenvalue weighted by Crippen LogP contribution is 2.39. The molecule has 0 atom stereocenters. The lowest BCUT2D eigenvalue weighted by atomic mass is 10.2. The Balaban J connectivity index is 1.95. The van der Waals surface area contributed by atoms with Crippen LogP contribution in [0.15, 0.2) is 53.7 Å². The predicted molar refractivity (Wildman–Crippen MR) is 97.5 cm³/mol. The van der Waals surface area contributed by atoms with Crippen LogP contribution < -0.4 is 9.64 Å². The summed E-state index contributed by atoms with van der Waals surface area (Å²) >= 11 is 6.69. The van der Waals surface area contributed by atoms with Crippen molar-refractivity contribution in [2.45, 2.75) is 6.92 Å². The topological polar surface area (TPSA) is 42.4 Å². The molecule has 2 aromatic rings. The van der Waals surface area contributed by atoms with Crippen LogP contribution in [0, 0.1) is 0 Å². The second-order valence-electron chi connectivity index (χ2n) is 4.70. The van der Waals surface area contributed by atoms with Crippen molar-refractivity contribution in [2.24, 2.45) is 0 Å². The third-order valence-corrected chi connectivity index (χ3v) is 4.51. The second kappa shape index (κ2) is 6.93. The molecule has 0 unspecified atom stereocenters. The molecule has 1 aliphatic heterocycles. The van der Waals surface area contributed by atoms with E-state index >= 15 is 0 Å². The van der Waals surface area contributed by atoms with Crippen LogP contribution in [0.4, 0.5) is 5.69 Å². The fourth-order valence-corrected chi connectivity index (χ4v) is 3.49. The van der Waals surface area contributed by atoms with E-state index in [9.17, 15) is 4.79 Å². The van der Waals surface area contributed by atoms with Crippen LogP contribution in [0.1, 0.15) is 12.5 Å². The molecule has 0 saturated carbocycles. The molecule has 1 saturated heterocycles. The molecule has 1 amide bonds. The first kappa shape index (κ1) is 15.7. The van der Waals surface area contributed by atoms with Gasteiger partial charge in [0.1, 0.15) is 5.75 Å². The van der Waals surface area contributed by atoms with Gasteiger partial charge in [-0.1, -0.05) is 36.1 Å². The number of hydrogen-bond acceptors (Lipinski definition) is 5. The summed E-state index contributed by atoms with van der Waals surface area (Å²) in [4.78, 5) is 18.8. The van der Waals surface area contributed by atoms with Gasteiger partial charge in [-0.3, -0.25) is 14.7 Å². The molecule has 116 valence electrons. The standard InChI is InChI=1S/C17H14N2O2S2/c1-2-21-14-6-4-3-5-13(14)19-16(20)15(23-17(19)22)11-12-7-9-18-10-8-12/h3-11H,2H2,1H3/b15-11-. The van der Waals surface area contributed by atoms with E-state index in [-0.39, 0.29) is 5.91 Å². The summed E-state index contributed by atoms with van der Waals surface area (Å²) in [6, 6.07) is 11.1. The van der Waals surface area contributed by atoms with Gasteiger partial charge in [-0.15, -0.1) is 0 Å². The highest BCUT2D eigenvalue weighted by molar-refractivity contribution is 8.27. The molecule has 6 heteroatoms. The van der Waals surface area contributed by atoms with Crippen molar-refractivity contribution < 1.29 is 9.53 Å². The van der Waals surface area contributed by atoms with Gasteiger partial charge < -0.3 is 4.74 Å². The molecule has 23 heavy (non-hydrogen) atoms. The zero-order valence-electron chi connectivity index (χ0n) is 12.4. The van der Waals surface area contributed by atoms with Crippen LogP contribution >= 0.6 is 24.0 Å². The first-order valence-electron chi connectivity index (χ1n) is 7.10. The van der Waals surface area contributed by atoms with Crippen LogP contribution in [0.5, 0.6) is 5.75 Å². The van der Waals surface area contributed by atoms with Crippen LogP contribution in [0.2, 0.25) is 0 Å². The molecule has 1 fully saturated rings. The van der Waals surface area contributed by atoms with Gasteiger partial charge in [0.05, 0.1) is 17.2 Å². The van der Waals surface area contributed by atoms with Crippen molar-refractivity contribution in [3.05, 3.63) is 59.3 Å². The van der Waals surface area contributed by atoms with Crippen molar-refractivity contribution in [1.82, 2.24) is 4.98 Å². The van der Waals surface area contributed by atoms with Gasteiger partial charge in [0.25, 0.3) is 5.91 Å². The number of thiocarbonyl (C=S) groups is 1. The number of anilines is 1. The zero-order valence-corrected chi connectivity index (χ0v) is 14.1. The minimum Gasteiger partial charge on any atom is -0.492 e. The number of amides is 1. The van der Waals surface area contributed by atoms with Crippen LogP contribution in [0.25, 0.3) is 6.08 Å².